The minimum absolute atomic E-state index is 0.293. The molecule has 1 aromatic heterocycles. The minimum Gasteiger partial charge on any atom is -0.478 e. The third-order valence-electron chi connectivity index (χ3n) is 4.12. The second-order valence-corrected chi connectivity index (χ2v) is 6.26. The molecular weight excluding hydrogens is 346 g/mol. The number of aromatic nitrogens is 3. The zero-order valence-electron chi connectivity index (χ0n) is 14.2. The Hall–Kier alpha value is -2.99. The molecule has 0 atom stereocenters. The number of carboxylic acids is 1. The lowest BCUT2D eigenvalue weighted by molar-refractivity contribution is 0.0696. The van der Waals surface area contributed by atoms with Crippen molar-refractivity contribution in [3.05, 3.63) is 82.9 Å². The lowest BCUT2D eigenvalue weighted by atomic mass is 9.95. The van der Waals surface area contributed by atoms with E-state index in [2.05, 4.69) is 16.7 Å². The molecule has 0 amide bonds. The molecule has 0 aliphatic heterocycles. The summed E-state index contributed by atoms with van der Waals surface area (Å²) < 4.78 is 2.20. The second kappa shape index (κ2) is 7.93. The normalized spacial score (nSPS) is 10.6. The molecule has 0 aliphatic rings. The van der Waals surface area contributed by atoms with Gasteiger partial charge in [-0.05, 0) is 35.3 Å². The fraction of sp³-hybridized carbons (Fsp3) is 0.150. The summed E-state index contributed by atoms with van der Waals surface area (Å²) in [5.41, 5.74) is 2.56. The Balaban J connectivity index is 2.05. The van der Waals surface area contributed by atoms with Crippen LogP contribution < -0.4 is 0 Å². The van der Waals surface area contributed by atoms with Gasteiger partial charge < -0.3 is 5.11 Å². The zero-order valence-corrected chi connectivity index (χ0v) is 15.0. The molecule has 0 bridgehead atoms. The van der Waals surface area contributed by atoms with Crippen molar-refractivity contribution in [2.24, 2.45) is 0 Å². The number of carbonyl (C=O) groups is 1. The highest BCUT2D eigenvalue weighted by Gasteiger charge is 2.18. The van der Waals surface area contributed by atoms with E-state index in [1.165, 1.54) is 0 Å². The maximum absolute atomic E-state index is 12.0. The number of benzene rings is 2. The van der Waals surface area contributed by atoms with Crippen molar-refractivity contribution in [1.82, 2.24) is 14.8 Å². The van der Waals surface area contributed by atoms with E-state index in [1.54, 1.807) is 0 Å². The molecule has 3 rings (SSSR count). The Morgan fingerprint density at radius 3 is 2.69 bits per heavy atom. The van der Waals surface area contributed by atoms with Gasteiger partial charge in [-0.1, -0.05) is 54.6 Å². The molecular formula is C20H19N3O2S. The van der Waals surface area contributed by atoms with Crippen LogP contribution in [0.4, 0.5) is 0 Å². The summed E-state index contributed by atoms with van der Waals surface area (Å²) in [6, 6.07) is 15.0. The van der Waals surface area contributed by atoms with Gasteiger partial charge in [0, 0.05) is 6.42 Å². The van der Waals surface area contributed by atoms with Crippen molar-refractivity contribution in [2.75, 3.05) is 0 Å². The maximum atomic E-state index is 12.0. The first-order chi connectivity index (χ1) is 12.6. The van der Waals surface area contributed by atoms with Gasteiger partial charge in [0.1, 0.15) is 5.82 Å². The van der Waals surface area contributed by atoms with Crippen LogP contribution in [0, 0.1) is 4.77 Å². The highest BCUT2D eigenvalue weighted by Crippen LogP contribution is 2.27. The summed E-state index contributed by atoms with van der Waals surface area (Å²) in [6.45, 7) is 4.09. The SMILES string of the molecule is C=CCCc1nc(=S)[nH]n1Cc1cccc(-c2ccccc2)c1C(=O)O. The van der Waals surface area contributed by atoms with Crippen LogP contribution in [0.25, 0.3) is 11.1 Å². The summed E-state index contributed by atoms with van der Waals surface area (Å²) in [5.74, 6) is -0.165. The number of hydrogen-bond donors (Lipinski definition) is 2. The van der Waals surface area contributed by atoms with Gasteiger partial charge in [-0.25, -0.2) is 9.78 Å². The summed E-state index contributed by atoms with van der Waals surface area (Å²) in [6.07, 6.45) is 3.29. The van der Waals surface area contributed by atoms with E-state index in [0.29, 0.717) is 34.4 Å². The first-order valence-electron chi connectivity index (χ1n) is 8.27. The van der Waals surface area contributed by atoms with Crippen molar-refractivity contribution in [1.29, 1.82) is 0 Å². The van der Waals surface area contributed by atoms with Crippen LogP contribution in [0.3, 0.4) is 0 Å². The number of hydrogen-bond acceptors (Lipinski definition) is 3. The van der Waals surface area contributed by atoms with Crippen LogP contribution in [0.1, 0.15) is 28.2 Å². The van der Waals surface area contributed by atoms with Gasteiger partial charge in [-0.2, -0.15) is 0 Å². The highest BCUT2D eigenvalue weighted by molar-refractivity contribution is 7.71. The molecule has 0 fully saturated rings. The Bertz CT molecular complexity index is 990. The molecule has 26 heavy (non-hydrogen) atoms. The van der Waals surface area contributed by atoms with Gasteiger partial charge in [0.25, 0.3) is 0 Å². The van der Waals surface area contributed by atoms with Gasteiger partial charge in [-0.3, -0.25) is 9.78 Å². The zero-order chi connectivity index (χ0) is 18.5. The number of nitrogens with one attached hydrogen (secondary N) is 1. The third kappa shape index (κ3) is 3.81. The average Bonchev–Trinajstić information content (AvgIpc) is 2.99. The van der Waals surface area contributed by atoms with E-state index in [1.807, 2.05) is 59.3 Å². The first-order valence-corrected chi connectivity index (χ1v) is 8.68. The molecule has 0 aliphatic carbocycles. The first kappa shape index (κ1) is 17.8. The quantitative estimate of drug-likeness (QED) is 0.479. The standard InChI is InChI=1S/C20H19N3O2S/c1-2-3-12-17-21-20(26)22-23(17)13-15-10-7-11-16(18(15)19(24)25)14-8-5-4-6-9-14/h2,4-11H,1,3,12-13H2,(H,22,26)(H,24,25). The number of aryl methyl sites for hydroxylation is 1. The van der Waals surface area contributed by atoms with Crippen LogP contribution in [0.15, 0.2) is 61.2 Å². The predicted octanol–water partition coefficient (Wildman–Crippen LogP) is 4.47. The maximum Gasteiger partial charge on any atom is 0.336 e. The monoisotopic (exact) mass is 365 g/mol. The molecule has 3 aromatic rings. The van der Waals surface area contributed by atoms with Crippen molar-refractivity contribution < 1.29 is 9.90 Å². The molecule has 0 saturated heterocycles. The van der Waals surface area contributed by atoms with Crippen molar-refractivity contribution in [2.45, 2.75) is 19.4 Å². The van der Waals surface area contributed by atoms with E-state index >= 15 is 0 Å². The molecule has 132 valence electrons. The number of H-pyrrole nitrogens is 1. The Morgan fingerprint density at radius 1 is 1.23 bits per heavy atom. The van der Waals surface area contributed by atoms with Gasteiger partial charge in [0.05, 0.1) is 12.1 Å². The molecule has 1 heterocycles. The van der Waals surface area contributed by atoms with E-state index in [0.717, 1.165) is 17.8 Å². The molecule has 0 saturated carbocycles. The average molecular weight is 365 g/mol. The lowest BCUT2D eigenvalue weighted by Gasteiger charge is -2.13. The molecule has 2 N–H and O–H groups in total. The van der Waals surface area contributed by atoms with Gasteiger partial charge in [0.2, 0.25) is 4.77 Å². The molecule has 2 aromatic carbocycles. The van der Waals surface area contributed by atoms with Crippen LogP contribution >= 0.6 is 12.2 Å². The number of carboxylic acid groups (broad SMARTS) is 1. The molecule has 0 radical (unpaired) electrons. The molecule has 0 spiro atoms. The molecule has 6 heteroatoms. The Labute approximate surface area is 156 Å². The Kier molecular flexibility index (Phi) is 5.43. The highest BCUT2D eigenvalue weighted by atomic mass is 32.1. The van der Waals surface area contributed by atoms with Crippen LogP contribution in [0.5, 0.6) is 0 Å². The van der Waals surface area contributed by atoms with E-state index < -0.39 is 5.97 Å². The Morgan fingerprint density at radius 2 is 2.00 bits per heavy atom. The fourth-order valence-corrected chi connectivity index (χ4v) is 3.16. The number of nitrogens with zero attached hydrogens (tertiary/aromatic N) is 2. The number of aromatic amines is 1. The predicted molar refractivity (Wildman–Crippen MR) is 104 cm³/mol. The van der Waals surface area contributed by atoms with Gasteiger partial charge in [0.15, 0.2) is 0 Å². The van der Waals surface area contributed by atoms with Gasteiger partial charge >= 0.3 is 5.97 Å². The van der Waals surface area contributed by atoms with Crippen LogP contribution in [-0.4, -0.2) is 25.8 Å². The topological polar surface area (TPSA) is 70.9 Å². The largest absolute Gasteiger partial charge is 0.478 e. The van der Waals surface area contributed by atoms with Crippen LogP contribution in [0.2, 0.25) is 0 Å². The number of rotatable bonds is 7. The smallest absolute Gasteiger partial charge is 0.336 e. The summed E-state index contributed by atoms with van der Waals surface area (Å²) >= 11 is 5.14. The van der Waals surface area contributed by atoms with Crippen molar-refractivity contribution in [3.8, 4) is 11.1 Å². The molecule has 5 nitrogen and oxygen atoms in total. The number of allylic oxidation sites excluding steroid dienone is 1. The van der Waals surface area contributed by atoms with Gasteiger partial charge in [-0.15, -0.1) is 6.58 Å². The minimum atomic E-state index is -0.953. The number of aromatic carboxylic acids is 1. The van der Waals surface area contributed by atoms with E-state index in [-0.39, 0.29) is 0 Å². The molecule has 0 unspecified atom stereocenters. The second-order valence-electron chi connectivity index (χ2n) is 5.87. The fourth-order valence-electron chi connectivity index (χ4n) is 2.95. The van der Waals surface area contributed by atoms with Crippen molar-refractivity contribution in [3.63, 3.8) is 0 Å². The lowest BCUT2D eigenvalue weighted by Crippen LogP contribution is -2.12. The summed E-state index contributed by atoms with van der Waals surface area (Å²) in [7, 11) is 0. The third-order valence-corrected chi connectivity index (χ3v) is 4.31. The summed E-state index contributed by atoms with van der Waals surface area (Å²) in [5, 5.41) is 12.9. The van der Waals surface area contributed by atoms with Crippen LogP contribution in [-0.2, 0) is 13.0 Å². The van der Waals surface area contributed by atoms with Crippen molar-refractivity contribution >= 4 is 18.2 Å². The van der Waals surface area contributed by atoms with E-state index in [4.69, 9.17) is 12.2 Å². The summed E-state index contributed by atoms with van der Waals surface area (Å²) in [4.78, 5) is 16.3. The van der Waals surface area contributed by atoms with E-state index in [9.17, 15) is 9.90 Å².